The molecule has 1 aliphatic rings. The molecule has 5 nitrogen and oxygen atoms in total. The number of ether oxygens (including phenoxy) is 1. The van der Waals surface area contributed by atoms with Crippen molar-refractivity contribution in [3.63, 3.8) is 0 Å². The van der Waals surface area contributed by atoms with Gasteiger partial charge in [-0.25, -0.2) is 0 Å². The summed E-state index contributed by atoms with van der Waals surface area (Å²) in [7, 11) is 0. The zero-order chi connectivity index (χ0) is 19.6. The van der Waals surface area contributed by atoms with E-state index in [9.17, 15) is 9.59 Å². The van der Waals surface area contributed by atoms with E-state index in [1.54, 1.807) is 30.0 Å². The summed E-state index contributed by atoms with van der Waals surface area (Å²) in [6.45, 7) is 2.21. The minimum Gasteiger partial charge on any atom is -0.479 e. The summed E-state index contributed by atoms with van der Waals surface area (Å²) >= 11 is 16.7. The lowest BCUT2D eigenvalue weighted by Gasteiger charge is -2.33. The fourth-order valence-corrected chi connectivity index (χ4v) is 2.95. The molecule has 2 amide bonds. The molecule has 0 fully saturated rings. The molecule has 2 aromatic rings. The number of fused-ring (bicyclic) bond motifs is 1. The van der Waals surface area contributed by atoms with E-state index in [0.717, 1.165) is 5.56 Å². The third kappa shape index (κ3) is 4.67. The van der Waals surface area contributed by atoms with Gasteiger partial charge < -0.3 is 15.0 Å². The molecule has 8 heteroatoms. The number of anilines is 2. The Hall–Kier alpha value is -1.95. The lowest BCUT2D eigenvalue weighted by Crippen LogP contribution is -2.45. The van der Waals surface area contributed by atoms with Crippen molar-refractivity contribution in [3.05, 3.63) is 54.1 Å². The minimum atomic E-state index is -2.07. The highest BCUT2D eigenvalue weighted by molar-refractivity contribution is 6.76. The molecule has 0 spiro atoms. The number of hydrogen-bond acceptors (Lipinski definition) is 3. The summed E-state index contributed by atoms with van der Waals surface area (Å²) in [5, 5.41) is 2.51. The van der Waals surface area contributed by atoms with E-state index in [1.807, 2.05) is 30.3 Å². The number of alkyl halides is 3. The molecule has 0 bridgehead atoms. The molecule has 3 rings (SSSR count). The van der Waals surface area contributed by atoms with Gasteiger partial charge in [0.1, 0.15) is 5.75 Å². The van der Waals surface area contributed by atoms with Gasteiger partial charge in [0.25, 0.3) is 15.6 Å². The van der Waals surface area contributed by atoms with Gasteiger partial charge in [0, 0.05) is 18.3 Å². The average Bonchev–Trinajstić information content (AvgIpc) is 2.62. The molecule has 2 aromatic carbocycles. The molecule has 0 aromatic heterocycles. The van der Waals surface area contributed by atoms with Crippen molar-refractivity contribution in [1.29, 1.82) is 0 Å². The minimum absolute atomic E-state index is 0.114. The Morgan fingerprint density at radius 1 is 1.19 bits per heavy atom. The number of halogens is 3. The molecule has 142 valence electrons. The number of nitrogens with one attached hydrogen (secondary N) is 1. The third-order valence-electron chi connectivity index (χ3n) is 4.15. The second-order valence-electron chi connectivity index (χ2n) is 6.12. The second-order valence-corrected chi connectivity index (χ2v) is 8.40. The molecule has 1 aliphatic heterocycles. The van der Waals surface area contributed by atoms with E-state index in [-0.39, 0.29) is 5.91 Å². The molecule has 0 radical (unpaired) electrons. The lowest BCUT2D eigenvalue weighted by molar-refractivity contribution is -0.125. The summed E-state index contributed by atoms with van der Waals surface area (Å²) in [6, 6.07) is 14.9. The zero-order valence-corrected chi connectivity index (χ0v) is 16.7. The van der Waals surface area contributed by atoms with Gasteiger partial charge in [-0.15, -0.1) is 0 Å². The quantitative estimate of drug-likeness (QED) is 0.738. The van der Waals surface area contributed by atoms with Gasteiger partial charge in [0.2, 0.25) is 0 Å². The Kier molecular flexibility index (Phi) is 5.84. The van der Waals surface area contributed by atoms with Crippen LogP contribution in [0.3, 0.4) is 0 Å². The lowest BCUT2D eigenvalue weighted by atomic mass is 10.1. The molecule has 0 saturated carbocycles. The van der Waals surface area contributed by atoms with Crippen LogP contribution in [0.15, 0.2) is 48.5 Å². The SMILES string of the molecule is CC1Oc2cc(NC(=O)C(Cl)(Cl)Cl)ccc2N(CCc2ccccc2)C1=O. The number of rotatable bonds is 4. The van der Waals surface area contributed by atoms with Gasteiger partial charge in [-0.05, 0) is 31.0 Å². The summed E-state index contributed by atoms with van der Waals surface area (Å²) in [5.41, 5.74) is 2.19. The van der Waals surface area contributed by atoms with Gasteiger partial charge >= 0.3 is 0 Å². The van der Waals surface area contributed by atoms with Crippen LogP contribution < -0.4 is 15.0 Å². The zero-order valence-electron chi connectivity index (χ0n) is 14.4. The van der Waals surface area contributed by atoms with Gasteiger partial charge in [-0.1, -0.05) is 65.1 Å². The van der Waals surface area contributed by atoms with Gasteiger partial charge in [0.05, 0.1) is 5.69 Å². The van der Waals surface area contributed by atoms with Crippen molar-refractivity contribution in [2.75, 3.05) is 16.8 Å². The first-order valence-electron chi connectivity index (χ1n) is 8.30. The van der Waals surface area contributed by atoms with Crippen LogP contribution in [-0.2, 0) is 16.0 Å². The third-order valence-corrected chi connectivity index (χ3v) is 4.67. The van der Waals surface area contributed by atoms with Crippen molar-refractivity contribution in [2.45, 2.75) is 23.2 Å². The van der Waals surface area contributed by atoms with E-state index >= 15 is 0 Å². The summed E-state index contributed by atoms with van der Waals surface area (Å²) in [6.07, 6.45) is 0.0807. The number of carbonyl (C=O) groups is 2. The summed E-state index contributed by atoms with van der Waals surface area (Å²) in [4.78, 5) is 26.1. The highest BCUT2D eigenvalue weighted by Crippen LogP contribution is 2.37. The van der Waals surface area contributed by atoms with Crippen LogP contribution >= 0.6 is 34.8 Å². The molecule has 1 atom stereocenters. The van der Waals surface area contributed by atoms with Crippen LogP contribution in [-0.4, -0.2) is 28.3 Å². The Balaban J connectivity index is 1.81. The number of hydrogen-bond donors (Lipinski definition) is 1. The maximum absolute atomic E-state index is 12.6. The molecule has 0 saturated heterocycles. The van der Waals surface area contributed by atoms with Crippen molar-refractivity contribution in [3.8, 4) is 5.75 Å². The summed E-state index contributed by atoms with van der Waals surface area (Å²) in [5.74, 6) is -0.401. The maximum Gasteiger partial charge on any atom is 0.276 e. The topological polar surface area (TPSA) is 58.6 Å². The van der Waals surface area contributed by atoms with Crippen molar-refractivity contribution in [1.82, 2.24) is 0 Å². The molecule has 27 heavy (non-hydrogen) atoms. The Morgan fingerprint density at radius 2 is 1.89 bits per heavy atom. The van der Waals surface area contributed by atoms with E-state index in [0.29, 0.717) is 30.1 Å². The standard InChI is InChI=1S/C19H17Cl3N2O3/c1-12-17(25)24(10-9-13-5-3-2-4-6-13)15-8-7-14(11-16(15)27-12)23-18(26)19(20,21)22/h2-8,11-12H,9-10H2,1H3,(H,23,26). The second kappa shape index (κ2) is 7.97. The van der Waals surface area contributed by atoms with Gasteiger partial charge in [-0.3, -0.25) is 9.59 Å². The first-order valence-corrected chi connectivity index (χ1v) is 9.43. The van der Waals surface area contributed by atoms with Crippen molar-refractivity contribution in [2.24, 2.45) is 0 Å². The maximum atomic E-state index is 12.6. The normalized spacial score (nSPS) is 16.5. The van der Waals surface area contributed by atoms with E-state index in [2.05, 4.69) is 5.32 Å². The van der Waals surface area contributed by atoms with Gasteiger partial charge in [0.15, 0.2) is 6.10 Å². The summed E-state index contributed by atoms with van der Waals surface area (Å²) < 4.78 is 3.63. The molecule has 1 N–H and O–H groups in total. The first-order chi connectivity index (χ1) is 12.8. The smallest absolute Gasteiger partial charge is 0.276 e. The highest BCUT2D eigenvalue weighted by atomic mass is 35.6. The Morgan fingerprint density at radius 3 is 2.56 bits per heavy atom. The molecule has 1 heterocycles. The number of carbonyl (C=O) groups excluding carboxylic acids is 2. The number of benzene rings is 2. The van der Waals surface area contributed by atoms with Crippen LogP contribution in [0, 0.1) is 0 Å². The van der Waals surface area contributed by atoms with Crippen molar-refractivity contribution < 1.29 is 14.3 Å². The number of nitrogens with zero attached hydrogens (tertiary/aromatic N) is 1. The molecule has 1 unspecified atom stereocenters. The largest absolute Gasteiger partial charge is 0.479 e. The fourth-order valence-electron chi connectivity index (χ4n) is 2.81. The van der Waals surface area contributed by atoms with Crippen LogP contribution in [0.25, 0.3) is 0 Å². The Bertz CT molecular complexity index is 853. The van der Waals surface area contributed by atoms with Crippen LogP contribution in [0.4, 0.5) is 11.4 Å². The molecular formula is C19H17Cl3N2O3. The predicted octanol–water partition coefficient (Wildman–Crippen LogP) is 4.35. The first kappa shape index (κ1) is 19.8. The predicted molar refractivity (Wildman–Crippen MR) is 108 cm³/mol. The van der Waals surface area contributed by atoms with Crippen LogP contribution in [0.5, 0.6) is 5.75 Å². The van der Waals surface area contributed by atoms with Crippen LogP contribution in [0.2, 0.25) is 0 Å². The van der Waals surface area contributed by atoms with E-state index in [1.165, 1.54) is 0 Å². The van der Waals surface area contributed by atoms with Gasteiger partial charge in [-0.2, -0.15) is 0 Å². The number of amides is 2. The average molecular weight is 428 g/mol. The molecule has 0 aliphatic carbocycles. The van der Waals surface area contributed by atoms with Crippen molar-refractivity contribution >= 4 is 58.0 Å². The monoisotopic (exact) mass is 426 g/mol. The Labute approximate surface area is 172 Å². The molecular weight excluding hydrogens is 411 g/mol. The highest BCUT2D eigenvalue weighted by Gasteiger charge is 2.33. The fraction of sp³-hybridized carbons (Fsp3) is 0.263. The van der Waals surface area contributed by atoms with Crippen LogP contribution in [0.1, 0.15) is 12.5 Å². The van der Waals surface area contributed by atoms with E-state index < -0.39 is 15.8 Å². The van der Waals surface area contributed by atoms with E-state index in [4.69, 9.17) is 39.5 Å².